The SMILES string of the molecule is CC(=O)[O-].CC(=O)[O-].CC(=O)[O-].FC(F)(F)C1=CC=C=C[CH]1.[Pb]. The molecule has 23 heavy (non-hydrogen) atoms. The van der Waals surface area contributed by atoms with E-state index in [1.54, 1.807) is 0 Å². The Kier molecular flexibility index (Phi) is 21.4. The predicted octanol–water partition coefficient (Wildman–Crippen LogP) is -1.71. The Morgan fingerprint density at radius 3 is 1.35 bits per heavy atom. The fraction of sp³-hybridized carbons (Fsp3) is 0.308. The van der Waals surface area contributed by atoms with Gasteiger partial charge in [-0.3, -0.25) is 0 Å². The minimum atomic E-state index is -4.23. The molecule has 6 nitrogen and oxygen atoms in total. The average Bonchev–Trinajstić information content (AvgIpc) is 2.26. The van der Waals surface area contributed by atoms with E-state index in [0.29, 0.717) is 0 Å². The van der Waals surface area contributed by atoms with Crippen molar-refractivity contribution in [1.29, 1.82) is 0 Å². The summed E-state index contributed by atoms with van der Waals surface area (Å²) in [6.07, 6.45) is 0.223. The normalized spacial score (nSPS) is 10.8. The van der Waals surface area contributed by atoms with Gasteiger partial charge in [0.05, 0.1) is 0 Å². The third-order valence-corrected chi connectivity index (χ3v) is 1.05. The van der Waals surface area contributed by atoms with Gasteiger partial charge in [0.15, 0.2) is 0 Å². The minimum absolute atomic E-state index is 0. The van der Waals surface area contributed by atoms with Gasteiger partial charge in [0.2, 0.25) is 0 Å². The summed E-state index contributed by atoms with van der Waals surface area (Å²) in [6, 6.07) is 0. The van der Waals surface area contributed by atoms with Gasteiger partial charge in [-0.15, -0.1) is 5.73 Å². The summed E-state index contributed by atoms with van der Waals surface area (Å²) in [4.78, 5) is 26.7. The van der Waals surface area contributed by atoms with Crippen LogP contribution in [0.1, 0.15) is 20.8 Å². The number of halogens is 3. The van der Waals surface area contributed by atoms with E-state index in [-0.39, 0.29) is 27.3 Å². The van der Waals surface area contributed by atoms with Crippen molar-refractivity contribution in [3.63, 3.8) is 0 Å². The Bertz CT molecular complexity index is 422. The van der Waals surface area contributed by atoms with Gasteiger partial charge in [-0.05, 0) is 39.0 Å². The predicted molar refractivity (Wildman–Crippen MR) is 68.9 cm³/mol. The van der Waals surface area contributed by atoms with Crippen LogP contribution in [0.2, 0.25) is 0 Å². The second-order valence-electron chi connectivity index (χ2n) is 3.26. The molecule has 0 saturated heterocycles. The third-order valence-electron chi connectivity index (χ3n) is 1.05. The molecule has 1 rings (SSSR count). The summed E-state index contributed by atoms with van der Waals surface area (Å²) in [5.74, 6) is -3.25. The molecule has 0 aromatic heterocycles. The molecule has 0 amide bonds. The molecule has 0 N–H and O–H groups in total. The zero-order valence-corrected chi connectivity index (χ0v) is 16.3. The van der Waals surface area contributed by atoms with Gasteiger partial charge in [-0.2, -0.15) is 13.2 Å². The van der Waals surface area contributed by atoms with Crippen molar-refractivity contribution < 1.29 is 42.9 Å². The van der Waals surface area contributed by atoms with Gasteiger partial charge in [-0.1, -0.05) is 0 Å². The second kappa shape index (κ2) is 16.7. The second-order valence-corrected chi connectivity index (χ2v) is 3.26. The summed E-state index contributed by atoms with van der Waals surface area (Å²) in [5.41, 5.74) is 1.87. The Labute approximate surface area is 151 Å². The molecule has 0 unspecified atom stereocenters. The van der Waals surface area contributed by atoms with Crippen LogP contribution in [0.25, 0.3) is 0 Å². The van der Waals surface area contributed by atoms with Gasteiger partial charge in [-0.25, -0.2) is 0 Å². The largest absolute Gasteiger partial charge is 0.550 e. The number of aliphatic carboxylic acids is 3. The zero-order chi connectivity index (χ0) is 18.3. The van der Waals surface area contributed by atoms with E-state index in [0.717, 1.165) is 33.3 Å². The summed E-state index contributed by atoms with van der Waals surface area (Å²) >= 11 is 0. The maximum absolute atomic E-state index is 11.8. The van der Waals surface area contributed by atoms with Crippen LogP contribution in [0.3, 0.4) is 0 Å². The molecular weight excluding hydrogens is 516 g/mol. The molecule has 0 aliphatic heterocycles. The molecule has 0 atom stereocenters. The molecule has 0 saturated carbocycles. The average molecular weight is 529 g/mol. The number of hydrogen-bond acceptors (Lipinski definition) is 6. The van der Waals surface area contributed by atoms with Gasteiger partial charge in [0.1, 0.15) is 0 Å². The molecule has 1 aliphatic rings. The molecule has 5 radical (unpaired) electrons. The minimum Gasteiger partial charge on any atom is -0.550 e. The first-order chi connectivity index (χ1) is 9.80. The number of alkyl halides is 3. The van der Waals surface area contributed by atoms with Crippen LogP contribution in [0.15, 0.2) is 29.5 Å². The van der Waals surface area contributed by atoms with Crippen molar-refractivity contribution in [3.8, 4) is 0 Å². The maximum Gasteiger partial charge on any atom is 0.413 e. The number of carboxylic acid groups (broad SMARTS) is 3. The van der Waals surface area contributed by atoms with Crippen molar-refractivity contribution in [2.24, 2.45) is 0 Å². The monoisotopic (exact) mass is 530 g/mol. The summed E-state index contributed by atoms with van der Waals surface area (Å²) in [5, 5.41) is 26.7. The summed E-state index contributed by atoms with van der Waals surface area (Å²) < 4.78 is 35.3. The van der Waals surface area contributed by atoms with Crippen molar-refractivity contribution in [2.75, 3.05) is 0 Å². The van der Waals surface area contributed by atoms with E-state index in [1.165, 1.54) is 12.2 Å². The van der Waals surface area contributed by atoms with E-state index < -0.39 is 29.7 Å². The van der Waals surface area contributed by atoms with Crippen LogP contribution in [0.4, 0.5) is 13.2 Å². The molecule has 10 heteroatoms. The molecule has 0 spiro atoms. The molecule has 0 aromatic rings. The molecule has 129 valence electrons. The van der Waals surface area contributed by atoms with Gasteiger partial charge >= 0.3 is 6.18 Å². The smallest absolute Gasteiger partial charge is 0.413 e. The number of hydrogen-bond donors (Lipinski definition) is 0. The van der Waals surface area contributed by atoms with Crippen LogP contribution in [0.5, 0.6) is 0 Å². The topological polar surface area (TPSA) is 120 Å². The molecule has 0 heterocycles. The Hall–Kier alpha value is -1.62. The van der Waals surface area contributed by atoms with Crippen molar-refractivity contribution in [2.45, 2.75) is 26.9 Å². The van der Waals surface area contributed by atoms with Gasteiger partial charge < -0.3 is 29.7 Å². The van der Waals surface area contributed by atoms with E-state index in [1.807, 2.05) is 0 Å². The number of carbonyl (C=O) groups is 3. The number of carboxylic acids is 3. The fourth-order valence-electron chi connectivity index (χ4n) is 0.576. The van der Waals surface area contributed by atoms with E-state index in [2.05, 4.69) is 5.73 Å². The number of rotatable bonds is 0. The maximum atomic E-state index is 11.8. The molecule has 0 aromatic carbocycles. The van der Waals surface area contributed by atoms with E-state index in [9.17, 15) is 13.2 Å². The standard InChI is InChI=1S/C7H4F3.3C2H4O2.Pb/c8-7(9,10)6-4-2-1-3-5-6;3*1-2(3)4;/h2-5H;3*1H3,(H,3,4);/p-3. The zero-order valence-electron chi connectivity index (χ0n) is 12.4. The third kappa shape index (κ3) is 44.9. The Morgan fingerprint density at radius 1 is 0.913 bits per heavy atom. The Morgan fingerprint density at radius 2 is 1.22 bits per heavy atom. The van der Waals surface area contributed by atoms with Crippen molar-refractivity contribution in [3.05, 3.63) is 36.0 Å². The quantitative estimate of drug-likeness (QED) is 0.272. The fourth-order valence-corrected chi connectivity index (χ4v) is 0.576. The summed E-state index contributed by atoms with van der Waals surface area (Å²) in [7, 11) is 0. The summed E-state index contributed by atoms with van der Waals surface area (Å²) in [6.45, 7) is 2.92. The number of allylic oxidation sites excluding steroid dienone is 3. The number of carbonyl (C=O) groups excluding carboxylic acids is 3. The van der Waals surface area contributed by atoms with E-state index >= 15 is 0 Å². The molecular formula is C13H13F3O6Pb-3. The van der Waals surface area contributed by atoms with E-state index in [4.69, 9.17) is 29.7 Å². The first kappa shape index (κ1) is 29.4. The first-order valence-corrected chi connectivity index (χ1v) is 5.36. The Balaban J connectivity index is -0.000000118. The van der Waals surface area contributed by atoms with Gasteiger partial charge in [0, 0.05) is 57.2 Å². The van der Waals surface area contributed by atoms with Crippen LogP contribution >= 0.6 is 0 Å². The van der Waals surface area contributed by atoms with Crippen LogP contribution in [0, 0.1) is 6.42 Å². The van der Waals surface area contributed by atoms with Crippen LogP contribution in [-0.4, -0.2) is 51.4 Å². The van der Waals surface area contributed by atoms with Crippen molar-refractivity contribution in [1.82, 2.24) is 0 Å². The molecule has 0 fully saturated rings. The molecule has 0 bridgehead atoms. The van der Waals surface area contributed by atoms with Crippen LogP contribution < -0.4 is 15.3 Å². The molecule has 1 aliphatic carbocycles. The van der Waals surface area contributed by atoms with Crippen molar-refractivity contribution >= 4 is 45.2 Å². The van der Waals surface area contributed by atoms with Gasteiger partial charge in [0.25, 0.3) is 0 Å². The first-order valence-electron chi connectivity index (χ1n) is 5.36. The van der Waals surface area contributed by atoms with Crippen LogP contribution in [-0.2, 0) is 14.4 Å².